The molecule has 0 aliphatic heterocycles. The molecule has 8 nitrogen and oxygen atoms in total. The largest absolute Gasteiger partial charge is 1.00 e. The zero-order chi connectivity index (χ0) is 27.4. The van der Waals surface area contributed by atoms with Crippen molar-refractivity contribution in [2.24, 2.45) is 0 Å². The van der Waals surface area contributed by atoms with Crippen LogP contribution in [0.25, 0.3) is 28.2 Å². The Bertz CT molecular complexity index is 1640. The molecule has 0 amide bonds. The Balaban J connectivity index is 0.00000370. The molecule has 0 aliphatic carbocycles. The summed E-state index contributed by atoms with van der Waals surface area (Å²) in [6.45, 7) is 4.11. The minimum absolute atomic E-state index is 0. The maximum Gasteiger partial charge on any atom is 1.00 e. The summed E-state index contributed by atoms with van der Waals surface area (Å²) in [5, 5.41) is 15.2. The van der Waals surface area contributed by atoms with Gasteiger partial charge in [-0.05, 0) is 47.4 Å². The molecular formula is C31H29KN4O4. The van der Waals surface area contributed by atoms with E-state index in [4.69, 9.17) is 9.72 Å². The number of aryl methyl sites for hydroxylation is 2. The van der Waals surface area contributed by atoms with Crippen molar-refractivity contribution in [3.8, 4) is 40.0 Å². The van der Waals surface area contributed by atoms with Gasteiger partial charge in [-0.3, -0.25) is 9.36 Å². The topological polar surface area (TPSA) is 106 Å². The number of rotatable bonds is 9. The van der Waals surface area contributed by atoms with E-state index >= 15 is 0 Å². The van der Waals surface area contributed by atoms with Gasteiger partial charge >= 0.3 is 51.4 Å². The van der Waals surface area contributed by atoms with Crippen molar-refractivity contribution in [2.75, 3.05) is 7.11 Å². The second-order valence-corrected chi connectivity index (χ2v) is 9.20. The van der Waals surface area contributed by atoms with Gasteiger partial charge in [0.1, 0.15) is 11.6 Å². The van der Waals surface area contributed by atoms with Gasteiger partial charge in [-0.25, -0.2) is 9.97 Å². The molecule has 0 fully saturated rings. The van der Waals surface area contributed by atoms with E-state index in [-0.39, 0.29) is 62.8 Å². The first-order valence-corrected chi connectivity index (χ1v) is 13.0. The Kier molecular flexibility index (Phi) is 10.1. The number of hydrogen-bond acceptors (Lipinski definition) is 7. The Morgan fingerprint density at radius 2 is 1.62 bits per heavy atom. The van der Waals surface area contributed by atoms with Crippen LogP contribution in [0.3, 0.4) is 0 Å². The van der Waals surface area contributed by atoms with Crippen LogP contribution in [0.15, 0.2) is 82.1 Å². The van der Waals surface area contributed by atoms with Crippen molar-refractivity contribution in [1.82, 2.24) is 19.7 Å². The molecule has 2 heterocycles. The molecule has 0 atom stereocenters. The second-order valence-electron chi connectivity index (χ2n) is 9.20. The van der Waals surface area contributed by atoms with Gasteiger partial charge in [-0.1, -0.05) is 68.8 Å². The van der Waals surface area contributed by atoms with Crippen molar-refractivity contribution in [2.45, 2.75) is 39.5 Å². The van der Waals surface area contributed by atoms with Crippen LogP contribution in [0.4, 0.5) is 0 Å². The molecule has 5 rings (SSSR count). The standard InChI is InChI=1S/C31H30N4O4.K/c1-4-8-27-26(30(36)35(28(5-2)32-27)22-15-17-23(38-3)18-16-22)19-20-11-13-21(14-12-20)24-9-6-7-10-25(24)29-33-31(37)39-34-29;/h6-7,9-18H,4-5,8,19H2,1-3H3,(H,33,34,37);/q;+1/p-1. The molecule has 0 spiro atoms. The molecule has 5 aromatic rings. The van der Waals surface area contributed by atoms with Crippen LogP contribution in [0, 0.1) is 0 Å². The third kappa shape index (κ3) is 6.29. The maximum atomic E-state index is 13.9. The summed E-state index contributed by atoms with van der Waals surface area (Å²) >= 11 is 0. The number of aromatic nitrogens is 4. The van der Waals surface area contributed by atoms with Gasteiger partial charge in [0.25, 0.3) is 5.56 Å². The molecule has 198 valence electrons. The normalized spacial score (nSPS) is 10.8. The molecule has 0 radical (unpaired) electrons. The Labute approximate surface area is 275 Å². The van der Waals surface area contributed by atoms with E-state index in [9.17, 15) is 9.90 Å². The quantitative estimate of drug-likeness (QED) is 0.254. The summed E-state index contributed by atoms with van der Waals surface area (Å²) in [5.74, 6) is 1.73. The van der Waals surface area contributed by atoms with Gasteiger partial charge in [-0.2, -0.15) is 5.16 Å². The summed E-state index contributed by atoms with van der Waals surface area (Å²) in [7, 11) is 1.62. The number of hydrogen-bond donors (Lipinski definition) is 0. The van der Waals surface area contributed by atoms with E-state index in [1.54, 1.807) is 11.7 Å². The van der Waals surface area contributed by atoms with Crippen LogP contribution in [-0.2, 0) is 19.3 Å². The molecular weight excluding hydrogens is 531 g/mol. The van der Waals surface area contributed by atoms with E-state index in [0.29, 0.717) is 24.0 Å². The summed E-state index contributed by atoms with van der Waals surface area (Å²) in [6.07, 6.45) is 2.01. The minimum atomic E-state index is -0.721. The van der Waals surface area contributed by atoms with Crippen LogP contribution in [-0.4, -0.2) is 26.8 Å². The molecule has 3 aromatic carbocycles. The second kappa shape index (κ2) is 13.5. The Morgan fingerprint density at radius 3 is 2.23 bits per heavy atom. The minimum Gasteiger partial charge on any atom is -0.528 e. The zero-order valence-electron chi connectivity index (χ0n) is 23.2. The van der Waals surface area contributed by atoms with Gasteiger partial charge in [0.2, 0.25) is 0 Å². The van der Waals surface area contributed by atoms with Crippen molar-refractivity contribution >= 4 is 0 Å². The first kappa shape index (κ1) is 29.9. The van der Waals surface area contributed by atoms with Crippen LogP contribution >= 0.6 is 0 Å². The fourth-order valence-electron chi connectivity index (χ4n) is 4.76. The Morgan fingerprint density at radius 1 is 0.925 bits per heavy atom. The number of methoxy groups -OCH3 is 1. The summed E-state index contributed by atoms with van der Waals surface area (Å²) in [4.78, 5) is 22.7. The zero-order valence-corrected chi connectivity index (χ0v) is 26.3. The molecule has 2 aromatic heterocycles. The van der Waals surface area contributed by atoms with Crippen molar-refractivity contribution < 1.29 is 65.8 Å². The van der Waals surface area contributed by atoms with Gasteiger partial charge in [0, 0.05) is 24.0 Å². The van der Waals surface area contributed by atoms with Crippen LogP contribution in [0.2, 0.25) is 0 Å². The van der Waals surface area contributed by atoms with Crippen molar-refractivity contribution in [3.05, 3.63) is 106 Å². The summed E-state index contributed by atoms with van der Waals surface area (Å²) in [5.41, 5.74) is 5.81. The molecule has 0 unspecified atom stereocenters. The molecule has 40 heavy (non-hydrogen) atoms. The van der Waals surface area contributed by atoms with E-state index in [2.05, 4.69) is 21.6 Å². The van der Waals surface area contributed by atoms with Crippen molar-refractivity contribution in [1.29, 1.82) is 0 Å². The first-order chi connectivity index (χ1) is 19.0. The van der Waals surface area contributed by atoms with Gasteiger partial charge < -0.3 is 14.4 Å². The number of nitrogens with zero attached hydrogens (tertiary/aromatic N) is 4. The summed E-state index contributed by atoms with van der Waals surface area (Å²) in [6, 6.07) is 23.1. The predicted molar refractivity (Wildman–Crippen MR) is 147 cm³/mol. The van der Waals surface area contributed by atoms with E-state index in [1.807, 2.05) is 79.7 Å². The molecule has 0 saturated carbocycles. The van der Waals surface area contributed by atoms with E-state index < -0.39 is 6.08 Å². The van der Waals surface area contributed by atoms with Crippen LogP contribution in [0.5, 0.6) is 11.8 Å². The van der Waals surface area contributed by atoms with E-state index in [0.717, 1.165) is 52.5 Å². The molecule has 9 heteroatoms. The summed E-state index contributed by atoms with van der Waals surface area (Å²) < 4.78 is 11.7. The third-order valence-corrected chi connectivity index (χ3v) is 6.69. The van der Waals surface area contributed by atoms with Gasteiger partial charge in [0.05, 0.1) is 18.5 Å². The molecule has 0 bridgehead atoms. The number of ether oxygens (including phenoxy) is 1. The van der Waals surface area contributed by atoms with Crippen LogP contribution < -0.4 is 66.8 Å². The third-order valence-electron chi connectivity index (χ3n) is 6.69. The molecule has 0 aliphatic rings. The monoisotopic (exact) mass is 560 g/mol. The first-order valence-electron chi connectivity index (χ1n) is 13.0. The maximum absolute atomic E-state index is 13.9. The fourth-order valence-corrected chi connectivity index (χ4v) is 4.76. The van der Waals surface area contributed by atoms with Crippen LogP contribution in [0.1, 0.15) is 42.9 Å². The van der Waals surface area contributed by atoms with Crippen molar-refractivity contribution in [3.63, 3.8) is 0 Å². The number of benzene rings is 3. The SMILES string of the molecule is CCCc1nc(CC)n(-c2ccc(OC)cc2)c(=O)c1Cc1ccc(-c2ccccc2-c2noc([O-])n2)cc1.[K+]. The van der Waals surface area contributed by atoms with Gasteiger partial charge in [0.15, 0.2) is 11.9 Å². The predicted octanol–water partition coefficient (Wildman–Crippen LogP) is 2.14. The smallest absolute Gasteiger partial charge is 0.528 e. The molecule has 0 saturated heterocycles. The molecule has 0 N–H and O–H groups in total. The fraction of sp³-hybridized carbons (Fsp3) is 0.226. The Hall–Kier alpha value is -3.08. The van der Waals surface area contributed by atoms with Gasteiger partial charge in [-0.15, -0.1) is 0 Å². The van der Waals surface area contributed by atoms with E-state index in [1.165, 1.54) is 0 Å². The average Bonchev–Trinajstić information content (AvgIpc) is 3.41. The average molecular weight is 561 g/mol.